The molecular formula is C13H15FO2S. The summed E-state index contributed by atoms with van der Waals surface area (Å²) in [6.45, 7) is 0. The fourth-order valence-corrected chi connectivity index (χ4v) is 5.26. The number of hydrogen-bond donors (Lipinski definition) is 1. The van der Waals surface area contributed by atoms with Gasteiger partial charge in [-0.3, -0.25) is 4.21 Å². The van der Waals surface area contributed by atoms with Gasteiger partial charge in [0.1, 0.15) is 5.82 Å². The summed E-state index contributed by atoms with van der Waals surface area (Å²) in [7, 11) is -0.798. The maximum absolute atomic E-state index is 13.2. The molecule has 0 aliphatic carbocycles. The summed E-state index contributed by atoms with van der Waals surface area (Å²) < 4.78 is 25.1. The molecule has 0 radical (unpaired) electrons. The summed E-state index contributed by atoms with van der Waals surface area (Å²) in [6.07, 6.45) is 2.85. The highest BCUT2D eigenvalue weighted by Crippen LogP contribution is 2.45. The van der Waals surface area contributed by atoms with Crippen LogP contribution in [0.3, 0.4) is 0 Å². The predicted octanol–water partition coefficient (Wildman–Crippen LogP) is 2.09. The second kappa shape index (κ2) is 3.89. The van der Waals surface area contributed by atoms with Gasteiger partial charge in [-0.25, -0.2) is 4.39 Å². The maximum atomic E-state index is 13.2. The molecule has 2 aliphatic rings. The van der Waals surface area contributed by atoms with Crippen molar-refractivity contribution in [2.75, 3.05) is 0 Å². The molecule has 0 saturated carbocycles. The standard InChI is InChI=1S/C13H15FO2S/c14-10-3-1-2-9(6-10)13(15)7-11-4-5-12(8-13)17(11)16/h1-3,6,11-12,15H,4-5,7-8H2. The second-order valence-corrected chi connectivity index (χ2v) is 7.09. The minimum absolute atomic E-state index is 0.0852. The van der Waals surface area contributed by atoms with Crippen molar-refractivity contribution in [3.8, 4) is 0 Å². The average molecular weight is 254 g/mol. The van der Waals surface area contributed by atoms with Gasteiger partial charge in [0.2, 0.25) is 0 Å². The summed E-state index contributed by atoms with van der Waals surface area (Å²) in [5.74, 6) is -0.324. The Morgan fingerprint density at radius 2 is 1.94 bits per heavy atom. The van der Waals surface area contributed by atoms with E-state index in [0.717, 1.165) is 12.8 Å². The van der Waals surface area contributed by atoms with Gasteiger partial charge in [-0.1, -0.05) is 12.1 Å². The van der Waals surface area contributed by atoms with Crippen LogP contribution in [0.4, 0.5) is 4.39 Å². The molecule has 2 unspecified atom stereocenters. The molecule has 1 N–H and O–H groups in total. The number of rotatable bonds is 1. The molecule has 0 amide bonds. The van der Waals surface area contributed by atoms with E-state index in [0.29, 0.717) is 18.4 Å². The van der Waals surface area contributed by atoms with Gasteiger partial charge < -0.3 is 5.11 Å². The zero-order valence-electron chi connectivity index (χ0n) is 9.43. The lowest BCUT2D eigenvalue weighted by Gasteiger charge is -2.36. The third-order valence-corrected chi connectivity index (χ3v) is 6.08. The molecule has 0 spiro atoms. The van der Waals surface area contributed by atoms with E-state index in [1.54, 1.807) is 12.1 Å². The molecule has 4 heteroatoms. The zero-order valence-corrected chi connectivity index (χ0v) is 10.3. The molecule has 2 nitrogen and oxygen atoms in total. The van der Waals surface area contributed by atoms with E-state index in [1.807, 2.05) is 0 Å². The lowest BCUT2D eigenvalue weighted by molar-refractivity contribution is 0.0182. The Balaban J connectivity index is 1.95. The van der Waals surface area contributed by atoms with E-state index in [9.17, 15) is 13.7 Å². The van der Waals surface area contributed by atoms with Gasteiger partial charge in [0.05, 0.1) is 5.60 Å². The Bertz CT molecular complexity index is 458. The highest BCUT2D eigenvalue weighted by molar-refractivity contribution is 7.86. The van der Waals surface area contributed by atoms with Gasteiger partial charge >= 0.3 is 0 Å². The third kappa shape index (κ3) is 1.83. The topological polar surface area (TPSA) is 37.3 Å². The van der Waals surface area contributed by atoms with Crippen LogP contribution in [0.5, 0.6) is 0 Å². The molecule has 3 rings (SSSR count). The van der Waals surface area contributed by atoms with Crippen molar-refractivity contribution in [3.05, 3.63) is 35.6 Å². The number of hydrogen-bond acceptors (Lipinski definition) is 2. The zero-order chi connectivity index (χ0) is 12.0. The molecule has 92 valence electrons. The predicted molar refractivity (Wildman–Crippen MR) is 64.5 cm³/mol. The van der Waals surface area contributed by atoms with Crippen molar-refractivity contribution in [2.45, 2.75) is 41.8 Å². The van der Waals surface area contributed by atoms with E-state index < -0.39 is 16.4 Å². The number of halogens is 1. The summed E-state index contributed by atoms with van der Waals surface area (Å²) in [6, 6.07) is 6.16. The molecule has 2 aliphatic heterocycles. The number of aliphatic hydroxyl groups is 1. The van der Waals surface area contributed by atoms with Gasteiger partial charge in [0.15, 0.2) is 0 Å². The molecule has 17 heavy (non-hydrogen) atoms. The van der Waals surface area contributed by atoms with E-state index in [4.69, 9.17) is 0 Å². The number of fused-ring (bicyclic) bond motifs is 2. The van der Waals surface area contributed by atoms with Crippen LogP contribution < -0.4 is 0 Å². The van der Waals surface area contributed by atoms with Crippen molar-refractivity contribution < 1.29 is 13.7 Å². The van der Waals surface area contributed by atoms with Gasteiger partial charge in [-0.05, 0) is 43.4 Å². The first kappa shape index (κ1) is 11.4. The summed E-state index contributed by atoms with van der Waals surface area (Å²) in [5, 5.41) is 10.8. The van der Waals surface area contributed by atoms with Gasteiger partial charge in [0, 0.05) is 21.3 Å². The molecule has 2 bridgehead atoms. The van der Waals surface area contributed by atoms with Crippen molar-refractivity contribution in [1.82, 2.24) is 0 Å². The van der Waals surface area contributed by atoms with Crippen LogP contribution >= 0.6 is 0 Å². The lowest BCUT2D eigenvalue weighted by atomic mass is 9.86. The Labute approximate surface area is 102 Å². The molecule has 2 fully saturated rings. The van der Waals surface area contributed by atoms with Crippen molar-refractivity contribution in [2.24, 2.45) is 0 Å². The summed E-state index contributed by atoms with van der Waals surface area (Å²) >= 11 is 0. The first-order chi connectivity index (χ1) is 8.08. The van der Waals surface area contributed by atoms with E-state index >= 15 is 0 Å². The Morgan fingerprint density at radius 1 is 1.29 bits per heavy atom. The van der Waals surface area contributed by atoms with Crippen LogP contribution in [0.25, 0.3) is 0 Å². The maximum Gasteiger partial charge on any atom is 0.123 e. The molecule has 1 aromatic rings. The fraction of sp³-hybridized carbons (Fsp3) is 0.538. The summed E-state index contributed by atoms with van der Waals surface area (Å²) in [4.78, 5) is 0. The number of benzene rings is 1. The molecule has 2 atom stereocenters. The summed E-state index contributed by atoms with van der Waals surface area (Å²) in [5.41, 5.74) is -0.354. The molecule has 1 aromatic carbocycles. The minimum atomic E-state index is -0.984. The minimum Gasteiger partial charge on any atom is -0.385 e. The first-order valence-corrected chi connectivity index (χ1v) is 7.24. The van der Waals surface area contributed by atoms with Crippen LogP contribution in [0.1, 0.15) is 31.2 Å². The SMILES string of the molecule is O=S1C2CCC1CC(O)(c1cccc(F)c1)C2. The Morgan fingerprint density at radius 3 is 2.53 bits per heavy atom. The molecule has 2 heterocycles. The highest BCUT2D eigenvalue weighted by Gasteiger charge is 2.48. The Hall–Kier alpha value is -0.740. The van der Waals surface area contributed by atoms with Crippen molar-refractivity contribution in [3.63, 3.8) is 0 Å². The van der Waals surface area contributed by atoms with Crippen LogP contribution in [0.15, 0.2) is 24.3 Å². The van der Waals surface area contributed by atoms with E-state index in [-0.39, 0.29) is 16.3 Å². The highest BCUT2D eigenvalue weighted by atomic mass is 32.2. The largest absolute Gasteiger partial charge is 0.385 e. The first-order valence-electron chi connectivity index (χ1n) is 5.96. The monoisotopic (exact) mass is 254 g/mol. The second-order valence-electron chi connectivity index (χ2n) is 5.10. The average Bonchev–Trinajstić information content (AvgIpc) is 2.53. The molecular weight excluding hydrogens is 239 g/mol. The smallest absolute Gasteiger partial charge is 0.123 e. The van der Waals surface area contributed by atoms with Gasteiger partial charge in [-0.15, -0.1) is 0 Å². The van der Waals surface area contributed by atoms with Crippen LogP contribution in [0, 0.1) is 5.82 Å². The van der Waals surface area contributed by atoms with Crippen molar-refractivity contribution >= 4 is 10.8 Å². The van der Waals surface area contributed by atoms with E-state index in [1.165, 1.54) is 12.1 Å². The van der Waals surface area contributed by atoms with E-state index in [2.05, 4.69) is 0 Å². The molecule has 0 aromatic heterocycles. The van der Waals surface area contributed by atoms with Crippen LogP contribution in [-0.4, -0.2) is 19.8 Å². The lowest BCUT2D eigenvalue weighted by Crippen LogP contribution is -2.40. The fourth-order valence-electron chi connectivity index (χ4n) is 3.09. The van der Waals surface area contributed by atoms with Crippen molar-refractivity contribution in [1.29, 1.82) is 0 Å². The Kier molecular flexibility index (Phi) is 2.60. The van der Waals surface area contributed by atoms with Crippen LogP contribution in [-0.2, 0) is 16.4 Å². The third-order valence-electron chi connectivity index (χ3n) is 3.96. The quantitative estimate of drug-likeness (QED) is 0.833. The van der Waals surface area contributed by atoms with Gasteiger partial charge in [-0.2, -0.15) is 0 Å². The molecule has 2 saturated heterocycles. The van der Waals surface area contributed by atoms with Crippen LogP contribution in [0.2, 0.25) is 0 Å². The van der Waals surface area contributed by atoms with Gasteiger partial charge in [0.25, 0.3) is 0 Å². The normalized spacial score (nSPS) is 40.5.